The molecule has 3 aromatic carbocycles. The minimum absolute atomic E-state index is 0.188. The second-order valence-corrected chi connectivity index (χ2v) is 6.85. The number of anilines is 1. The molecule has 0 aliphatic carbocycles. The summed E-state index contributed by atoms with van der Waals surface area (Å²) in [7, 11) is 0. The van der Waals surface area contributed by atoms with E-state index in [4.69, 9.17) is 4.42 Å². The van der Waals surface area contributed by atoms with Crippen LogP contribution in [0.3, 0.4) is 0 Å². The fourth-order valence-electron chi connectivity index (χ4n) is 3.34. The highest BCUT2D eigenvalue weighted by molar-refractivity contribution is 5.87. The molecule has 2 N–H and O–H groups in total. The van der Waals surface area contributed by atoms with Crippen molar-refractivity contribution in [3.63, 3.8) is 0 Å². The fourth-order valence-corrected chi connectivity index (χ4v) is 3.34. The van der Waals surface area contributed by atoms with E-state index in [1.165, 1.54) is 0 Å². The van der Waals surface area contributed by atoms with Crippen molar-refractivity contribution in [3.05, 3.63) is 90.6 Å². The van der Waals surface area contributed by atoms with Gasteiger partial charge >= 0.3 is 0 Å². The zero-order valence-corrected chi connectivity index (χ0v) is 16.0. The van der Waals surface area contributed by atoms with Gasteiger partial charge in [-0.25, -0.2) is 0 Å². The summed E-state index contributed by atoms with van der Waals surface area (Å²) in [5.74, 6) is 1.17. The third-order valence-electron chi connectivity index (χ3n) is 4.90. The number of fused-ring (bicyclic) bond motifs is 1. The van der Waals surface area contributed by atoms with Crippen molar-refractivity contribution in [2.45, 2.75) is 6.54 Å². The first-order chi connectivity index (χ1) is 14.8. The molecule has 0 fully saturated rings. The van der Waals surface area contributed by atoms with E-state index in [2.05, 4.69) is 20.5 Å². The predicted octanol–water partition coefficient (Wildman–Crippen LogP) is 5.27. The molecule has 5 rings (SSSR count). The van der Waals surface area contributed by atoms with E-state index in [1.807, 2.05) is 72.8 Å². The average Bonchev–Trinajstić information content (AvgIpc) is 3.30. The summed E-state index contributed by atoms with van der Waals surface area (Å²) < 4.78 is 5.81. The highest BCUT2D eigenvalue weighted by Gasteiger charge is 2.10. The molecule has 0 saturated heterocycles. The minimum atomic E-state index is 0.188. The van der Waals surface area contributed by atoms with Gasteiger partial charge in [-0.05, 0) is 54.1 Å². The zero-order valence-electron chi connectivity index (χ0n) is 16.0. The Kier molecular flexibility index (Phi) is 4.57. The Bertz CT molecular complexity index is 1300. The van der Waals surface area contributed by atoms with E-state index >= 15 is 0 Å². The molecule has 2 aromatic heterocycles. The van der Waals surface area contributed by atoms with Gasteiger partial charge in [-0.3, -0.25) is 4.98 Å². The number of phenolic OH excluding ortho intramolecular Hbond substituents is 1. The van der Waals surface area contributed by atoms with Gasteiger partial charge in [0.25, 0.3) is 0 Å². The van der Waals surface area contributed by atoms with Crippen molar-refractivity contribution in [1.82, 2.24) is 15.2 Å². The lowest BCUT2D eigenvalue weighted by Crippen LogP contribution is -2.00. The molecular formula is C24H18N4O2. The Hall–Kier alpha value is -4.19. The maximum Gasteiger partial charge on any atom is 0.248 e. The first-order valence-electron chi connectivity index (χ1n) is 9.57. The normalized spacial score (nSPS) is 10.9. The van der Waals surface area contributed by atoms with E-state index in [-0.39, 0.29) is 5.75 Å². The molecular weight excluding hydrogens is 376 g/mol. The van der Waals surface area contributed by atoms with Gasteiger partial charge in [0.1, 0.15) is 11.3 Å². The summed E-state index contributed by atoms with van der Waals surface area (Å²) >= 11 is 0. The zero-order chi connectivity index (χ0) is 20.3. The van der Waals surface area contributed by atoms with Crippen LogP contribution in [0.15, 0.2) is 89.5 Å². The fraction of sp³-hybridized carbons (Fsp3) is 0.0417. The smallest absolute Gasteiger partial charge is 0.248 e. The molecule has 0 aliphatic rings. The van der Waals surface area contributed by atoms with Crippen molar-refractivity contribution in [3.8, 4) is 28.7 Å². The van der Waals surface area contributed by atoms with Gasteiger partial charge in [-0.1, -0.05) is 30.3 Å². The maximum atomic E-state index is 9.99. The van der Waals surface area contributed by atoms with E-state index in [1.54, 1.807) is 12.3 Å². The van der Waals surface area contributed by atoms with Crippen LogP contribution in [0.25, 0.3) is 33.8 Å². The highest BCUT2D eigenvalue weighted by atomic mass is 16.4. The molecule has 6 nitrogen and oxygen atoms in total. The lowest BCUT2D eigenvalue weighted by Gasteiger charge is -2.10. The summed E-state index contributed by atoms with van der Waals surface area (Å²) in [4.78, 5) is 4.26. The molecule has 30 heavy (non-hydrogen) atoms. The molecule has 0 amide bonds. The topological polar surface area (TPSA) is 84.1 Å². The second kappa shape index (κ2) is 7.67. The molecule has 0 bridgehead atoms. The molecule has 0 spiro atoms. The summed E-state index contributed by atoms with van der Waals surface area (Å²) in [6, 6.07) is 25.0. The number of phenols is 1. The summed E-state index contributed by atoms with van der Waals surface area (Å²) in [5, 5.41) is 22.6. The largest absolute Gasteiger partial charge is 0.506 e. The summed E-state index contributed by atoms with van der Waals surface area (Å²) in [6.07, 6.45) is 1.68. The number of hydrogen-bond donors (Lipinski definition) is 2. The van der Waals surface area contributed by atoms with Crippen LogP contribution in [0, 0.1) is 0 Å². The first-order valence-corrected chi connectivity index (χ1v) is 9.57. The van der Waals surface area contributed by atoms with Gasteiger partial charge < -0.3 is 14.8 Å². The molecule has 0 atom stereocenters. The predicted molar refractivity (Wildman–Crippen MR) is 116 cm³/mol. The quantitative estimate of drug-likeness (QED) is 0.422. The number of hydrogen-bond acceptors (Lipinski definition) is 6. The summed E-state index contributed by atoms with van der Waals surface area (Å²) in [5.41, 5.74) is 4.38. The van der Waals surface area contributed by atoms with Crippen molar-refractivity contribution in [2.75, 3.05) is 5.32 Å². The van der Waals surface area contributed by atoms with Crippen LogP contribution in [-0.2, 0) is 6.54 Å². The SMILES string of the molecule is Oc1ccc(CNc2ccc(-c3nnc(-c4ccccc4)o3)cc2)c2cccnc12. The van der Waals surface area contributed by atoms with Crippen molar-refractivity contribution >= 4 is 16.6 Å². The highest BCUT2D eigenvalue weighted by Crippen LogP contribution is 2.27. The van der Waals surface area contributed by atoms with E-state index < -0.39 is 0 Å². The van der Waals surface area contributed by atoms with Crippen LogP contribution in [-0.4, -0.2) is 20.3 Å². The Morgan fingerprint density at radius 1 is 0.767 bits per heavy atom. The van der Waals surface area contributed by atoms with Gasteiger partial charge in [0.05, 0.1) is 0 Å². The third kappa shape index (κ3) is 3.46. The maximum absolute atomic E-state index is 9.99. The Morgan fingerprint density at radius 2 is 1.50 bits per heavy atom. The van der Waals surface area contributed by atoms with Gasteiger partial charge in [0.15, 0.2) is 0 Å². The van der Waals surface area contributed by atoms with Crippen LogP contribution >= 0.6 is 0 Å². The van der Waals surface area contributed by atoms with Crippen LogP contribution < -0.4 is 5.32 Å². The third-order valence-corrected chi connectivity index (χ3v) is 4.90. The molecule has 146 valence electrons. The molecule has 0 aliphatic heterocycles. The van der Waals surface area contributed by atoms with Crippen molar-refractivity contribution in [2.24, 2.45) is 0 Å². The minimum Gasteiger partial charge on any atom is -0.506 e. The first kappa shape index (κ1) is 17.9. The standard InChI is InChI=1S/C24H18N4O2/c29-21-13-10-18(20-7-4-14-25-22(20)21)15-26-19-11-8-17(9-12-19)24-28-27-23(30-24)16-5-2-1-3-6-16/h1-14,26,29H,15H2. The number of nitrogens with one attached hydrogen (secondary N) is 1. The van der Waals surface area contributed by atoms with E-state index in [0.717, 1.165) is 27.8 Å². The van der Waals surface area contributed by atoms with Crippen molar-refractivity contribution in [1.29, 1.82) is 0 Å². The molecule has 2 heterocycles. The van der Waals surface area contributed by atoms with Crippen LogP contribution in [0.2, 0.25) is 0 Å². The lowest BCUT2D eigenvalue weighted by molar-refractivity contribution is 0.480. The van der Waals surface area contributed by atoms with Crippen LogP contribution in [0.4, 0.5) is 5.69 Å². The van der Waals surface area contributed by atoms with Crippen LogP contribution in [0.5, 0.6) is 5.75 Å². The van der Waals surface area contributed by atoms with E-state index in [0.29, 0.717) is 23.8 Å². The molecule has 0 radical (unpaired) electrons. The number of aromatic nitrogens is 3. The number of aromatic hydroxyl groups is 1. The van der Waals surface area contributed by atoms with E-state index in [9.17, 15) is 5.11 Å². The van der Waals surface area contributed by atoms with Gasteiger partial charge in [0, 0.05) is 34.9 Å². The molecule has 0 saturated carbocycles. The second-order valence-electron chi connectivity index (χ2n) is 6.85. The number of nitrogens with zero attached hydrogens (tertiary/aromatic N) is 3. The number of rotatable bonds is 5. The van der Waals surface area contributed by atoms with Gasteiger partial charge in [0.2, 0.25) is 11.8 Å². The lowest BCUT2D eigenvalue weighted by atomic mass is 10.1. The number of benzene rings is 3. The Morgan fingerprint density at radius 3 is 2.27 bits per heavy atom. The van der Waals surface area contributed by atoms with Gasteiger partial charge in [-0.2, -0.15) is 0 Å². The summed E-state index contributed by atoms with van der Waals surface area (Å²) in [6.45, 7) is 0.612. The van der Waals surface area contributed by atoms with Crippen molar-refractivity contribution < 1.29 is 9.52 Å². The van der Waals surface area contributed by atoms with Crippen LogP contribution in [0.1, 0.15) is 5.56 Å². The number of pyridine rings is 1. The average molecular weight is 394 g/mol. The Labute approximate surface area is 172 Å². The van der Waals surface area contributed by atoms with Gasteiger partial charge in [-0.15, -0.1) is 10.2 Å². The molecule has 6 heteroatoms. The molecule has 5 aromatic rings. The monoisotopic (exact) mass is 394 g/mol. The Balaban J connectivity index is 1.32. The molecule has 0 unspecified atom stereocenters.